The molecule has 0 bridgehead atoms. The molecule has 0 fully saturated rings. The molecule has 0 saturated heterocycles. The molecule has 1 aliphatic rings. The van der Waals surface area contributed by atoms with Crippen LogP contribution in [0.5, 0.6) is 0 Å². The first-order valence-corrected chi connectivity index (χ1v) is 10.5. The van der Waals surface area contributed by atoms with Crippen molar-refractivity contribution in [3.63, 3.8) is 0 Å². The predicted molar refractivity (Wildman–Crippen MR) is 112 cm³/mol. The number of benzene rings is 2. The molecular weight excluding hydrogens is 420 g/mol. The van der Waals surface area contributed by atoms with Gasteiger partial charge in [0.05, 0.1) is 13.2 Å². The summed E-state index contributed by atoms with van der Waals surface area (Å²) in [6.45, 7) is 4.36. The van der Waals surface area contributed by atoms with Crippen LogP contribution in [0, 0.1) is 0 Å². The molecule has 0 aliphatic heterocycles. The summed E-state index contributed by atoms with van der Waals surface area (Å²) in [5, 5.41) is 0. The van der Waals surface area contributed by atoms with Gasteiger partial charge >= 0.3 is 11.9 Å². The van der Waals surface area contributed by atoms with E-state index in [4.69, 9.17) is 9.47 Å². The summed E-state index contributed by atoms with van der Waals surface area (Å²) in [6, 6.07) is 14.5. The van der Waals surface area contributed by atoms with Crippen molar-refractivity contribution < 1.29 is 19.1 Å². The number of esters is 2. The maximum absolute atomic E-state index is 12.2. The minimum atomic E-state index is -0.421. The molecule has 148 valence electrons. The molecule has 0 saturated carbocycles. The number of hydrogen-bond donors (Lipinski definition) is 0. The molecule has 0 spiro atoms. The second-order valence-electron chi connectivity index (χ2n) is 6.93. The first-order valence-electron chi connectivity index (χ1n) is 9.73. The van der Waals surface area contributed by atoms with Crippen LogP contribution in [0.25, 0.3) is 11.1 Å². The second kappa shape index (κ2) is 8.91. The summed E-state index contributed by atoms with van der Waals surface area (Å²) in [4.78, 5) is 24.3. The van der Waals surface area contributed by atoms with Crippen molar-refractivity contribution in [2.75, 3.05) is 13.2 Å². The van der Waals surface area contributed by atoms with Crippen LogP contribution in [0.15, 0.2) is 46.9 Å². The lowest BCUT2D eigenvalue weighted by Crippen LogP contribution is -2.28. The van der Waals surface area contributed by atoms with Crippen molar-refractivity contribution in [2.45, 2.75) is 44.9 Å². The fourth-order valence-electron chi connectivity index (χ4n) is 4.19. The number of fused-ring (bicyclic) bond motifs is 3. The van der Waals surface area contributed by atoms with Crippen LogP contribution in [-0.4, -0.2) is 25.2 Å². The zero-order valence-corrected chi connectivity index (χ0v) is 17.9. The van der Waals surface area contributed by atoms with Crippen molar-refractivity contribution in [1.82, 2.24) is 0 Å². The van der Waals surface area contributed by atoms with Gasteiger partial charge in [0, 0.05) is 22.7 Å². The van der Waals surface area contributed by atoms with Crippen LogP contribution >= 0.6 is 15.9 Å². The highest BCUT2D eigenvalue weighted by Gasteiger charge is 2.43. The Morgan fingerprint density at radius 2 is 1.43 bits per heavy atom. The molecule has 1 aliphatic carbocycles. The SMILES string of the molecule is CCOC(=O)CCC1(CCC(=O)OCC)c2ccccc2-c2ccc(Br)cc21. The third kappa shape index (κ3) is 4.00. The average Bonchev–Trinajstić information content (AvgIpc) is 2.95. The molecule has 0 heterocycles. The van der Waals surface area contributed by atoms with Gasteiger partial charge in [0.15, 0.2) is 0 Å². The standard InChI is InChI=1S/C23H25BrO4/c1-3-27-21(25)11-13-23(14-12-22(26)28-4-2)19-8-6-5-7-17(19)18-10-9-16(24)15-20(18)23/h5-10,15H,3-4,11-14H2,1-2H3. The molecule has 2 aromatic rings. The van der Waals surface area contributed by atoms with Crippen LogP contribution in [-0.2, 0) is 24.5 Å². The monoisotopic (exact) mass is 444 g/mol. The molecular formula is C23H25BrO4. The third-order valence-corrected chi connectivity index (χ3v) is 5.85. The van der Waals surface area contributed by atoms with E-state index in [1.807, 2.05) is 32.0 Å². The molecule has 0 unspecified atom stereocenters. The van der Waals surface area contributed by atoms with Crippen molar-refractivity contribution in [2.24, 2.45) is 0 Å². The van der Waals surface area contributed by atoms with Crippen molar-refractivity contribution in [3.8, 4) is 11.1 Å². The zero-order valence-electron chi connectivity index (χ0n) is 16.3. The summed E-state index contributed by atoms with van der Waals surface area (Å²) in [5.41, 5.74) is 4.22. The van der Waals surface area contributed by atoms with Crippen molar-refractivity contribution in [3.05, 3.63) is 58.1 Å². The van der Waals surface area contributed by atoms with Crippen LogP contribution in [0.4, 0.5) is 0 Å². The first-order chi connectivity index (χ1) is 13.5. The molecule has 0 radical (unpaired) electrons. The number of ether oxygens (including phenoxy) is 2. The lowest BCUT2D eigenvalue weighted by atomic mass is 9.71. The van der Waals surface area contributed by atoms with E-state index in [0.29, 0.717) is 38.9 Å². The van der Waals surface area contributed by atoms with Crippen LogP contribution < -0.4 is 0 Å². The summed E-state index contributed by atoms with van der Waals surface area (Å²) < 4.78 is 11.3. The van der Waals surface area contributed by atoms with E-state index in [9.17, 15) is 9.59 Å². The van der Waals surface area contributed by atoms with E-state index in [2.05, 4.69) is 40.2 Å². The highest BCUT2D eigenvalue weighted by atomic mass is 79.9. The Hall–Kier alpha value is -2.14. The lowest BCUT2D eigenvalue weighted by Gasteiger charge is -2.32. The fraction of sp³-hybridized carbons (Fsp3) is 0.391. The predicted octanol–water partition coefficient (Wildman–Crippen LogP) is 5.40. The fourth-order valence-corrected chi connectivity index (χ4v) is 4.55. The van der Waals surface area contributed by atoms with E-state index in [-0.39, 0.29) is 11.9 Å². The minimum absolute atomic E-state index is 0.209. The van der Waals surface area contributed by atoms with Gasteiger partial charge in [-0.25, -0.2) is 0 Å². The molecule has 0 amide bonds. The van der Waals surface area contributed by atoms with Gasteiger partial charge in [0.2, 0.25) is 0 Å². The third-order valence-electron chi connectivity index (χ3n) is 5.35. The van der Waals surface area contributed by atoms with Gasteiger partial charge in [-0.2, -0.15) is 0 Å². The molecule has 28 heavy (non-hydrogen) atoms. The normalized spacial score (nSPS) is 13.5. The van der Waals surface area contributed by atoms with E-state index in [1.54, 1.807) is 0 Å². The van der Waals surface area contributed by atoms with Crippen LogP contribution in [0.3, 0.4) is 0 Å². The Bertz CT molecular complexity index is 853. The molecule has 0 atom stereocenters. The van der Waals surface area contributed by atoms with Gasteiger partial charge in [-0.05, 0) is 61.1 Å². The van der Waals surface area contributed by atoms with E-state index < -0.39 is 5.41 Å². The Labute approximate surface area is 174 Å². The lowest BCUT2D eigenvalue weighted by molar-refractivity contribution is -0.143. The van der Waals surface area contributed by atoms with Gasteiger partial charge in [0.25, 0.3) is 0 Å². The number of carbonyl (C=O) groups excluding carboxylic acids is 2. The average molecular weight is 445 g/mol. The molecule has 0 N–H and O–H groups in total. The first kappa shape index (κ1) is 20.6. The smallest absolute Gasteiger partial charge is 0.305 e. The van der Waals surface area contributed by atoms with Crippen molar-refractivity contribution >= 4 is 27.9 Å². The number of rotatable bonds is 8. The topological polar surface area (TPSA) is 52.6 Å². The summed E-state index contributed by atoms with van der Waals surface area (Å²) in [6.07, 6.45) is 1.78. The van der Waals surface area contributed by atoms with Gasteiger partial charge in [-0.1, -0.05) is 46.3 Å². The molecule has 2 aromatic carbocycles. The Morgan fingerprint density at radius 3 is 2.04 bits per heavy atom. The summed E-state index contributed by atoms with van der Waals surface area (Å²) in [5.74, 6) is -0.419. The van der Waals surface area contributed by atoms with Crippen LogP contribution in [0.1, 0.15) is 50.7 Å². The largest absolute Gasteiger partial charge is 0.466 e. The molecule has 5 heteroatoms. The van der Waals surface area contributed by atoms with E-state index in [0.717, 1.165) is 26.7 Å². The van der Waals surface area contributed by atoms with Gasteiger partial charge < -0.3 is 9.47 Å². The number of carbonyl (C=O) groups is 2. The highest BCUT2D eigenvalue weighted by molar-refractivity contribution is 9.10. The molecule has 4 nitrogen and oxygen atoms in total. The maximum Gasteiger partial charge on any atom is 0.305 e. The quantitative estimate of drug-likeness (QED) is 0.511. The molecule has 0 aromatic heterocycles. The Balaban J connectivity index is 2.05. The Morgan fingerprint density at radius 1 is 0.857 bits per heavy atom. The van der Waals surface area contributed by atoms with E-state index >= 15 is 0 Å². The van der Waals surface area contributed by atoms with Crippen molar-refractivity contribution in [1.29, 1.82) is 0 Å². The Kier molecular flexibility index (Phi) is 6.55. The highest BCUT2D eigenvalue weighted by Crippen LogP contribution is 2.54. The van der Waals surface area contributed by atoms with Gasteiger partial charge in [-0.3, -0.25) is 9.59 Å². The van der Waals surface area contributed by atoms with Gasteiger partial charge in [-0.15, -0.1) is 0 Å². The maximum atomic E-state index is 12.2. The number of halogens is 1. The second-order valence-corrected chi connectivity index (χ2v) is 7.84. The summed E-state index contributed by atoms with van der Waals surface area (Å²) in [7, 11) is 0. The van der Waals surface area contributed by atoms with Gasteiger partial charge in [0.1, 0.15) is 0 Å². The summed E-state index contributed by atoms with van der Waals surface area (Å²) >= 11 is 3.59. The van der Waals surface area contributed by atoms with Crippen LogP contribution in [0.2, 0.25) is 0 Å². The van der Waals surface area contributed by atoms with E-state index in [1.165, 1.54) is 0 Å². The molecule has 3 rings (SSSR count). The number of hydrogen-bond acceptors (Lipinski definition) is 4. The zero-order chi connectivity index (χ0) is 20.1. The minimum Gasteiger partial charge on any atom is -0.466 e.